The first-order valence-corrected chi connectivity index (χ1v) is 9.20. The molecule has 2 N–H and O–H groups in total. The first kappa shape index (κ1) is 19.8. The molecule has 0 aliphatic carbocycles. The minimum atomic E-state index is -0.942. The van der Waals surface area contributed by atoms with Crippen LogP contribution in [0.5, 0.6) is 0 Å². The van der Waals surface area contributed by atoms with Crippen LogP contribution in [0.4, 0.5) is 5.82 Å². The van der Waals surface area contributed by atoms with Gasteiger partial charge in [-0.2, -0.15) is 0 Å². The lowest BCUT2D eigenvalue weighted by atomic mass is 10.0. The van der Waals surface area contributed by atoms with Gasteiger partial charge in [0.2, 0.25) is 11.8 Å². The van der Waals surface area contributed by atoms with E-state index < -0.39 is 12.6 Å². The fraction of sp³-hybridized carbons (Fsp3) is 0.400. The van der Waals surface area contributed by atoms with Gasteiger partial charge in [0.1, 0.15) is 11.9 Å². The van der Waals surface area contributed by atoms with Gasteiger partial charge >= 0.3 is 0 Å². The third kappa shape index (κ3) is 4.12. The first-order chi connectivity index (χ1) is 13.4. The molecule has 0 saturated carbocycles. The van der Waals surface area contributed by atoms with Crippen molar-refractivity contribution in [3.8, 4) is 11.4 Å². The van der Waals surface area contributed by atoms with Crippen LogP contribution < -0.4 is 10.2 Å². The molecule has 1 aromatic carbocycles. The van der Waals surface area contributed by atoms with Crippen molar-refractivity contribution in [3.63, 3.8) is 0 Å². The number of rotatable bonds is 5. The SMILES string of the molecule is CC(=O)N[C@@H](CO)C(=O)N1CCc2c(nc(-c3ccccc3)nc2N(C)C)C1. The highest BCUT2D eigenvalue weighted by Crippen LogP contribution is 2.28. The zero-order valence-corrected chi connectivity index (χ0v) is 16.3. The molecule has 2 aromatic rings. The van der Waals surface area contributed by atoms with Crippen LogP contribution in [0, 0.1) is 0 Å². The molecule has 2 heterocycles. The number of nitrogens with one attached hydrogen (secondary N) is 1. The Morgan fingerprint density at radius 2 is 1.96 bits per heavy atom. The van der Waals surface area contributed by atoms with Crippen LogP contribution in [0.15, 0.2) is 30.3 Å². The van der Waals surface area contributed by atoms with E-state index in [4.69, 9.17) is 9.97 Å². The van der Waals surface area contributed by atoms with Crippen LogP contribution in [0.3, 0.4) is 0 Å². The number of amides is 2. The van der Waals surface area contributed by atoms with Gasteiger partial charge in [0.15, 0.2) is 5.82 Å². The Hall–Kier alpha value is -3.00. The molecule has 0 bridgehead atoms. The van der Waals surface area contributed by atoms with Gasteiger partial charge in [-0.3, -0.25) is 9.59 Å². The monoisotopic (exact) mass is 383 g/mol. The second-order valence-electron chi connectivity index (χ2n) is 7.00. The maximum atomic E-state index is 12.7. The largest absolute Gasteiger partial charge is 0.394 e. The van der Waals surface area contributed by atoms with Crippen molar-refractivity contribution in [2.45, 2.75) is 25.9 Å². The van der Waals surface area contributed by atoms with Gasteiger partial charge in [-0.15, -0.1) is 0 Å². The van der Waals surface area contributed by atoms with Gasteiger partial charge in [0.25, 0.3) is 0 Å². The van der Waals surface area contributed by atoms with E-state index in [2.05, 4.69) is 5.32 Å². The van der Waals surface area contributed by atoms with Crippen LogP contribution in [0.1, 0.15) is 18.2 Å². The maximum Gasteiger partial charge on any atom is 0.247 e. The number of anilines is 1. The summed E-state index contributed by atoms with van der Waals surface area (Å²) in [4.78, 5) is 37.1. The average Bonchev–Trinajstić information content (AvgIpc) is 2.70. The third-order valence-corrected chi connectivity index (χ3v) is 4.67. The summed E-state index contributed by atoms with van der Waals surface area (Å²) in [7, 11) is 3.88. The lowest BCUT2D eigenvalue weighted by Gasteiger charge is -2.32. The predicted molar refractivity (Wildman–Crippen MR) is 106 cm³/mol. The van der Waals surface area contributed by atoms with Gasteiger partial charge in [0, 0.05) is 38.7 Å². The normalized spacial score (nSPS) is 14.2. The molecule has 0 fully saturated rings. The van der Waals surface area contributed by atoms with Crippen molar-refractivity contribution in [1.82, 2.24) is 20.2 Å². The van der Waals surface area contributed by atoms with Crippen molar-refractivity contribution in [1.29, 1.82) is 0 Å². The Morgan fingerprint density at radius 1 is 1.25 bits per heavy atom. The van der Waals surface area contributed by atoms with E-state index in [-0.39, 0.29) is 11.8 Å². The molecule has 1 atom stereocenters. The van der Waals surface area contributed by atoms with Gasteiger partial charge < -0.3 is 20.2 Å². The molecule has 8 nitrogen and oxygen atoms in total. The topological polar surface area (TPSA) is 98.7 Å². The summed E-state index contributed by atoms with van der Waals surface area (Å²) in [6.45, 7) is 1.68. The molecular weight excluding hydrogens is 358 g/mol. The van der Waals surface area contributed by atoms with E-state index in [0.717, 1.165) is 22.6 Å². The van der Waals surface area contributed by atoms with Gasteiger partial charge in [-0.1, -0.05) is 30.3 Å². The molecule has 8 heteroatoms. The number of aliphatic hydroxyl groups is 1. The predicted octanol–water partition coefficient (Wildman–Crippen LogP) is 0.591. The summed E-state index contributed by atoms with van der Waals surface area (Å²) in [5.74, 6) is 0.789. The summed E-state index contributed by atoms with van der Waals surface area (Å²) < 4.78 is 0. The Kier molecular flexibility index (Phi) is 5.89. The van der Waals surface area contributed by atoms with Crippen molar-refractivity contribution in [3.05, 3.63) is 41.6 Å². The van der Waals surface area contributed by atoms with Gasteiger partial charge in [-0.25, -0.2) is 9.97 Å². The van der Waals surface area contributed by atoms with Crippen LogP contribution in [-0.4, -0.2) is 65.1 Å². The molecule has 148 valence electrons. The van der Waals surface area contributed by atoms with E-state index >= 15 is 0 Å². The number of aliphatic hydroxyl groups excluding tert-OH is 1. The van der Waals surface area contributed by atoms with Gasteiger partial charge in [0.05, 0.1) is 18.8 Å². The Bertz CT molecular complexity index is 870. The molecule has 28 heavy (non-hydrogen) atoms. The molecule has 1 aromatic heterocycles. The second kappa shape index (κ2) is 8.35. The van der Waals surface area contributed by atoms with Crippen molar-refractivity contribution < 1.29 is 14.7 Å². The van der Waals surface area contributed by atoms with E-state index in [0.29, 0.717) is 25.3 Å². The smallest absolute Gasteiger partial charge is 0.247 e. The fourth-order valence-corrected chi connectivity index (χ4v) is 3.34. The van der Waals surface area contributed by atoms with E-state index in [1.165, 1.54) is 6.92 Å². The Morgan fingerprint density at radius 3 is 2.57 bits per heavy atom. The molecule has 1 aliphatic heterocycles. The second-order valence-corrected chi connectivity index (χ2v) is 7.00. The van der Waals surface area contributed by atoms with Crippen LogP contribution in [0.2, 0.25) is 0 Å². The van der Waals surface area contributed by atoms with Gasteiger partial charge in [-0.05, 0) is 6.42 Å². The number of hydrogen-bond acceptors (Lipinski definition) is 6. The van der Waals surface area contributed by atoms with Crippen LogP contribution in [0.25, 0.3) is 11.4 Å². The summed E-state index contributed by atoms with van der Waals surface area (Å²) in [6.07, 6.45) is 0.613. The zero-order valence-electron chi connectivity index (χ0n) is 16.3. The molecule has 2 amide bonds. The molecule has 0 spiro atoms. The molecule has 0 unspecified atom stereocenters. The standard InChI is InChI=1S/C20H25N5O3/c1-13(27)21-17(12-26)20(28)25-10-9-15-16(11-25)22-18(23-19(15)24(2)3)14-7-5-4-6-8-14/h4-8,17,26H,9-12H2,1-3H3,(H,21,27)/t17-/m0/s1. The first-order valence-electron chi connectivity index (χ1n) is 9.20. The molecular formula is C20H25N5O3. The van der Waals surface area contributed by atoms with Crippen LogP contribution in [-0.2, 0) is 22.6 Å². The molecule has 1 aliphatic rings. The maximum absolute atomic E-state index is 12.7. The highest BCUT2D eigenvalue weighted by atomic mass is 16.3. The zero-order chi connectivity index (χ0) is 20.3. The number of aromatic nitrogens is 2. The number of carbonyl (C=O) groups is 2. The lowest BCUT2D eigenvalue weighted by molar-refractivity contribution is -0.138. The number of hydrogen-bond donors (Lipinski definition) is 2. The van der Waals surface area contributed by atoms with Crippen molar-refractivity contribution in [2.24, 2.45) is 0 Å². The molecule has 0 saturated heterocycles. The van der Waals surface area contributed by atoms with Crippen LogP contribution >= 0.6 is 0 Å². The highest BCUT2D eigenvalue weighted by molar-refractivity contribution is 5.87. The number of fused-ring (bicyclic) bond motifs is 1. The number of carbonyl (C=O) groups excluding carboxylic acids is 2. The number of nitrogens with zero attached hydrogens (tertiary/aromatic N) is 4. The van der Waals surface area contributed by atoms with Crippen molar-refractivity contribution in [2.75, 3.05) is 32.1 Å². The lowest BCUT2D eigenvalue weighted by Crippen LogP contribution is -2.51. The van der Waals surface area contributed by atoms with E-state index in [1.807, 2.05) is 49.3 Å². The molecule has 3 rings (SSSR count). The van der Waals surface area contributed by atoms with E-state index in [9.17, 15) is 14.7 Å². The quantitative estimate of drug-likeness (QED) is 0.784. The summed E-state index contributed by atoms with van der Waals surface area (Å²) in [6, 6.07) is 8.76. The Labute approximate surface area is 164 Å². The average molecular weight is 383 g/mol. The Balaban J connectivity index is 1.94. The summed E-state index contributed by atoms with van der Waals surface area (Å²) in [5.41, 5.74) is 2.72. The highest BCUT2D eigenvalue weighted by Gasteiger charge is 2.30. The van der Waals surface area contributed by atoms with Crippen molar-refractivity contribution >= 4 is 17.6 Å². The number of benzene rings is 1. The minimum Gasteiger partial charge on any atom is -0.394 e. The summed E-state index contributed by atoms with van der Waals surface area (Å²) in [5, 5.41) is 12.0. The summed E-state index contributed by atoms with van der Waals surface area (Å²) >= 11 is 0. The fourth-order valence-electron chi connectivity index (χ4n) is 3.34. The third-order valence-electron chi connectivity index (χ3n) is 4.67. The molecule has 0 radical (unpaired) electrons. The van der Waals surface area contributed by atoms with E-state index in [1.54, 1.807) is 4.90 Å². The minimum absolute atomic E-state index is 0.311.